The highest BCUT2D eigenvalue weighted by atomic mass is 16.5. The van der Waals surface area contributed by atoms with Gasteiger partial charge >= 0.3 is 5.76 Å². The summed E-state index contributed by atoms with van der Waals surface area (Å²) in [6, 6.07) is 13.9. The van der Waals surface area contributed by atoms with Crippen LogP contribution in [0.4, 0.5) is 11.4 Å². The predicted octanol–water partition coefficient (Wildman–Crippen LogP) is 2.03. The summed E-state index contributed by atoms with van der Waals surface area (Å²) in [4.78, 5) is 40.1. The fourth-order valence-electron chi connectivity index (χ4n) is 3.20. The lowest BCUT2D eigenvalue weighted by molar-refractivity contribution is -0.122. The second kappa shape index (κ2) is 7.63. The Bertz CT molecular complexity index is 1090. The summed E-state index contributed by atoms with van der Waals surface area (Å²) in [6.45, 7) is 0.315. The zero-order valence-electron chi connectivity index (χ0n) is 15.5. The molecule has 1 aromatic heterocycles. The number of ether oxygens (including phenoxy) is 1. The van der Waals surface area contributed by atoms with Crippen LogP contribution in [-0.4, -0.2) is 35.6 Å². The number of aromatic nitrogens is 2. The van der Waals surface area contributed by atoms with Crippen molar-refractivity contribution in [2.24, 2.45) is 5.92 Å². The molecule has 1 aliphatic heterocycles. The minimum atomic E-state index is -0.635. The number of carbonyl (C=O) groups is 2. The highest BCUT2D eigenvalue weighted by Gasteiger charge is 2.35. The summed E-state index contributed by atoms with van der Waals surface area (Å²) >= 11 is 0. The molecule has 29 heavy (non-hydrogen) atoms. The van der Waals surface area contributed by atoms with Crippen LogP contribution in [-0.2, 0) is 9.59 Å². The first-order valence-electron chi connectivity index (χ1n) is 8.95. The van der Waals surface area contributed by atoms with Crippen LogP contribution in [0.25, 0.3) is 11.4 Å². The Hall–Kier alpha value is -3.88. The fraction of sp³-hybridized carbons (Fsp3) is 0.200. The number of benzene rings is 2. The van der Waals surface area contributed by atoms with E-state index < -0.39 is 11.7 Å². The van der Waals surface area contributed by atoms with Gasteiger partial charge in [-0.25, -0.2) is 4.79 Å². The third-order valence-corrected chi connectivity index (χ3v) is 4.75. The molecule has 4 rings (SSSR count). The summed E-state index contributed by atoms with van der Waals surface area (Å²) in [5.74, 6) is -0.393. The molecule has 0 radical (unpaired) electrons. The summed E-state index contributed by atoms with van der Waals surface area (Å²) in [7, 11) is 1.58. The number of methoxy groups -OCH3 is 1. The van der Waals surface area contributed by atoms with E-state index in [2.05, 4.69) is 20.0 Å². The van der Waals surface area contributed by atoms with Crippen LogP contribution in [0.2, 0.25) is 0 Å². The monoisotopic (exact) mass is 394 g/mol. The van der Waals surface area contributed by atoms with Gasteiger partial charge in [-0.15, -0.1) is 0 Å². The van der Waals surface area contributed by atoms with Crippen LogP contribution < -0.4 is 20.7 Å². The Kier molecular flexibility index (Phi) is 4.86. The number of aromatic amines is 1. The van der Waals surface area contributed by atoms with Gasteiger partial charge in [0.25, 0.3) is 0 Å². The molecule has 1 aliphatic rings. The van der Waals surface area contributed by atoms with Crippen molar-refractivity contribution in [3.8, 4) is 17.1 Å². The first-order valence-corrected chi connectivity index (χ1v) is 8.95. The molecule has 0 spiro atoms. The molecule has 2 heterocycles. The Morgan fingerprint density at radius 2 is 1.90 bits per heavy atom. The quantitative estimate of drug-likeness (QED) is 0.684. The lowest BCUT2D eigenvalue weighted by atomic mass is 10.1. The maximum atomic E-state index is 12.6. The van der Waals surface area contributed by atoms with E-state index >= 15 is 0 Å². The number of nitrogens with one attached hydrogen (secondary N) is 2. The lowest BCUT2D eigenvalue weighted by Crippen LogP contribution is -2.28. The Balaban J connectivity index is 1.41. The summed E-state index contributed by atoms with van der Waals surface area (Å²) in [6.07, 6.45) is 0.149. The van der Waals surface area contributed by atoms with E-state index in [9.17, 15) is 14.4 Å². The average molecular weight is 394 g/mol. The van der Waals surface area contributed by atoms with Crippen molar-refractivity contribution in [2.75, 3.05) is 23.9 Å². The molecule has 2 aromatic carbocycles. The van der Waals surface area contributed by atoms with Gasteiger partial charge in [-0.1, -0.05) is 5.16 Å². The van der Waals surface area contributed by atoms with E-state index in [1.54, 1.807) is 60.5 Å². The van der Waals surface area contributed by atoms with Gasteiger partial charge in [0.2, 0.25) is 11.8 Å². The van der Waals surface area contributed by atoms with Gasteiger partial charge in [0.1, 0.15) is 5.75 Å². The van der Waals surface area contributed by atoms with Gasteiger partial charge in [0.15, 0.2) is 5.82 Å². The number of carbonyl (C=O) groups excluding carboxylic acids is 2. The SMILES string of the molecule is COc1ccc(N2CC(C(=O)Nc3ccc(-c4noc(=O)[nH]4)cc3)CC2=O)cc1. The van der Waals surface area contributed by atoms with Gasteiger partial charge in [0, 0.05) is 29.9 Å². The molecule has 0 aliphatic carbocycles. The molecule has 2 N–H and O–H groups in total. The molecule has 2 amide bonds. The van der Waals surface area contributed by atoms with Crippen molar-refractivity contribution >= 4 is 23.2 Å². The molecule has 1 unspecified atom stereocenters. The minimum Gasteiger partial charge on any atom is -0.497 e. The van der Waals surface area contributed by atoms with Crippen LogP contribution in [0.3, 0.4) is 0 Å². The van der Waals surface area contributed by atoms with Crippen LogP contribution in [0, 0.1) is 5.92 Å². The zero-order chi connectivity index (χ0) is 20.4. The maximum absolute atomic E-state index is 12.6. The number of rotatable bonds is 5. The van der Waals surface area contributed by atoms with Crippen LogP contribution in [0.15, 0.2) is 57.8 Å². The number of nitrogens with zero attached hydrogens (tertiary/aromatic N) is 2. The van der Waals surface area contributed by atoms with Crippen molar-refractivity contribution in [2.45, 2.75) is 6.42 Å². The smallest absolute Gasteiger partial charge is 0.439 e. The van der Waals surface area contributed by atoms with E-state index in [-0.39, 0.29) is 18.2 Å². The van der Waals surface area contributed by atoms with Crippen LogP contribution in [0.1, 0.15) is 6.42 Å². The minimum absolute atomic E-state index is 0.0966. The number of anilines is 2. The molecule has 1 atom stereocenters. The normalized spacial score (nSPS) is 16.1. The molecule has 9 heteroatoms. The zero-order valence-corrected chi connectivity index (χ0v) is 15.5. The largest absolute Gasteiger partial charge is 0.497 e. The summed E-state index contributed by atoms with van der Waals surface area (Å²) < 4.78 is 9.60. The lowest BCUT2D eigenvalue weighted by Gasteiger charge is -2.17. The molecular formula is C20H18N4O5. The average Bonchev–Trinajstić information content (AvgIpc) is 3.34. The van der Waals surface area contributed by atoms with Crippen LogP contribution >= 0.6 is 0 Å². The van der Waals surface area contributed by atoms with Crippen molar-refractivity contribution in [3.05, 3.63) is 59.1 Å². The highest BCUT2D eigenvalue weighted by molar-refractivity contribution is 6.03. The molecule has 0 bridgehead atoms. The summed E-state index contributed by atoms with van der Waals surface area (Å²) in [5.41, 5.74) is 1.97. The van der Waals surface area contributed by atoms with Crippen molar-refractivity contribution in [1.29, 1.82) is 0 Å². The van der Waals surface area contributed by atoms with E-state index in [0.29, 0.717) is 29.4 Å². The van der Waals surface area contributed by atoms with Gasteiger partial charge in [-0.3, -0.25) is 19.1 Å². The Labute approximate surface area is 165 Å². The summed E-state index contributed by atoms with van der Waals surface area (Å²) in [5, 5.41) is 6.44. The molecule has 3 aromatic rings. The van der Waals surface area contributed by atoms with E-state index in [4.69, 9.17) is 4.74 Å². The van der Waals surface area contributed by atoms with E-state index in [0.717, 1.165) is 5.69 Å². The topological polar surface area (TPSA) is 118 Å². The van der Waals surface area contributed by atoms with E-state index in [1.165, 1.54) is 0 Å². The Morgan fingerprint density at radius 3 is 2.52 bits per heavy atom. The van der Waals surface area contributed by atoms with Gasteiger partial charge in [0.05, 0.1) is 13.0 Å². The number of H-pyrrole nitrogens is 1. The molecule has 148 valence electrons. The molecule has 1 saturated heterocycles. The van der Waals surface area contributed by atoms with Crippen molar-refractivity contribution in [3.63, 3.8) is 0 Å². The van der Waals surface area contributed by atoms with Crippen molar-refractivity contribution in [1.82, 2.24) is 10.1 Å². The Morgan fingerprint density at radius 1 is 1.17 bits per heavy atom. The number of hydrogen-bond acceptors (Lipinski definition) is 6. The molecule has 9 nitrogen and oxygen atoms in total. The van der Waals surface area contributed by atoms with Gasteiger partial charge in [-0.05, 0) is 48.5 Å². The van der Waals surface area contributed by atoms with Gasteiger partial charge in [-0.2, -0.15) is 0 Å². The third-order valence-electron chi connectivity index (χ3n) is 4.75. The molecule has 1 fully saturated rings. The predicted molar refractivity (Wildman–Crippen MR) is 105 cm³/mol. The van der Waals surface area contributed by atoms with Crippen molar-refractivity contribution < 1.29 is 18.8 Å². The first kappa shape index (κ1) is 18.5. The van der Waals surface area contributed by atoms with E-state index in [1.807, 2.05) is 0 Å². The first-order chi connectivity index (χ1) is 14.0. The second-order valence-electron chi connectivity index (χ2n) is 6.61. The standard InChI is InChI=1S/C20H18N4O5/c1-28-16-8-6-15(7-9-16)24-11-13(10-17(24)25)19(26)21-14-4-2-12(3-5-14)18-22-20(27)29-23-18/h2-9,13H,10-11H2,1H3,(H,21,26)(H,22,23,27). The van der Waals surface area contributed by atoms with Gasteiger partial charge < -0.3 is 15.0 Å². The fourth-order valence-corrected chi connectivity index (χ4v) is 3.20. The number of hydrogen-bond donors (Lipinski definition) is 2. The third kappa shape index (κ3) is 3.88. The number of amides is 2. The molecular weight excluding hydrogens is 376 g/mol. The highest BCUT2D eigenvalue weighted by Crippen LogP contribution is 2.28. The maximum Gasteiger partial charge on any atom is 0.439 e. The second-order valence-corrected chi connectivity index (χ2v) is 6.61. The molecule has 0 saturated carbocycles. The van der Waals surface area contributed by atoms with Crippen LogP contribution in [0.5, 0.6) is 5.75 Å².